The van der Waals surface area contributed by atoms with Gasteiger partial charge in [0.25, 0.3) is 0 Å². The summed E-state index contributed by atoms with van der Waals surface area (Å²) in [5, 5.41) is 11.0. The van der Waals surface area contributed by atoms with Gasteiger partial charge in [0, 0.05) is 19.5 Å². The molecule has 0 radical (unpaired) electrons. The predicted octanol–water partition coefficient (Wildman–Crippen LogP) is 0.331. The lowest BCUT2D eigenvalue weighted by Gasteiger charge is -2.09. The molecule has 0 aliphatic heterocycles. The van der Waals surface area contributed by atoms with Crippen molar-refractivity contribution in [2.45, 2.75) is 18.2 Å². The van der Waals surface area contributed by atoms with Gasteiger partial charge in [-0.1, -0.05) is 6.92 Å². The summed E-state index contributed by atoms with van der Waals surface area (Å²) in [4.78, 5) is 21.9. The fourth-order valence-corrected chi connectivity index (χ4v) is 2.47. The third kappa shape index (κ3) is 5.78. The topological polar surface area (TPSA) is 113 Å². The van der Waals surface area contributed by atoms with Crippen LogP contribution in [-0.4, -0.2) is 38.5 Å². The molecule has 1 unspecified atom stereocenters. The maximum atomic E-state index is 12.7. The molecule has 0 aliphatic rings. The summed E-state index contributed by atoms with van der Waals surface area (Å²) in [5.74, 6) is -2.77. The third-order valence-electron chi connectivity index (χ3n) is 2.80. The SMILES string of the molecule is CC(CNC(=O)CCNS(=O)(=O)c1ccc(F)cc1)C(=O)O. The van der Waals surface area contributed by atoms with Gasteiger partial charge in [0.2, 0.25) is 15.9 Å². The second-order valence-corrected chi connectivity index (χ2v) is 6.41. The standard InChI is InChI=1S/C13H17FN2O5S/c1-9(13(18)19)8-15-12(17)6-7-16-22(20,21)11-4-2-10(14)3-5-11/h2-5,9,16H,6-8H2,1H3,(H,15,17)(H,18,19). The number of hydrogen-bond donors (Lipinski definition) is 3. The number of benzene rings is 1. The summed E-state index contributed by atoms with van der Waals surface area (Å²) in [5.41, 5.74) is 0. The highest BCUT2D eigenvalue weighted by molar-refractivity contribution is 7.89. The van der Waals surface area contributed by atoms with Crippen molar-refractivity contribution in [1.29, 1.82) is 0 Å². The molecule has 1 rings (SSSR count). The average Bonchev–Trinajstić information content (AvgIpc) is 2.44. The summed E-state index contributed by atoms with van der Waals surface area (Å²) in [6, 6.07) is 4.28. The fraction of sp³-hybridized carbons (Fsp3) is 0.385. The largest absolute Gasteiger partial charge is 0.481 e. The summed E-state index contributed by atoms with van der Waals surface area (Å²) in [6.07, 6.45) is -0.132. The van der Waals surface area contributed by atoms with Crippen molar-refractivity contribution < 1.29 is 27.5 Å². The first-order valence-corrected chi connectivity index (χ1v) is 7.95. The van der Waals surface area contributed by atoms with E-state index in [1.807, 2.05) is 0 Å². The zero-order valence-corrected chi connectivity index (χ0v) is 12.7. The van der Waals surface area contributed by atoms with Gasteiger partial charge in [0.05, 0.1) is 10.8 Å². The van der Waals surface area contributed by atoms with E-state index >= 15 is 0 Å². The van der Waals surface area contributed by atoms with E-state index in [2.05, 4.69) is 10.0 Å². The molecular formula is C13H17FN2O5S. The van der Waals surface area contributed by atoms with Gasteiger partial charge < -0.3 is 10.4 Å². The molecule has 0 aromatic heterocycles. The summed E-state index contributed by atoms with van der Waals surface area (Å²) in [6.45, 7) is 1.27. The summed E-state index contributed by atoms with van der Waals surface area (Å²) < 4.78 is 38.6. The number of sulfonamides is 1. The van der Waals surface area contributed by atoms with Gasteiger partial charge in [-0.25, -0.2) is 17.5 Å². The van der Waals surface area contributed by atoms with E-state index in [1.54, 1.807) is 0 Å². The molecule has 22 heavy (non-hydrogen) atoms. The number of aliphatic carboxylic acids is 1. The lowest BCUT2D eigenvalue weighted by molar-refractivity contribution is -0.141. The van der Waals surface area contributed by atoms with Crippen LogP contribution in [0.2, 0.25) is 0 Å². The lowest BCUT2D eigenvalue weighted by atomic mass is 10.2. The monoisotopic (exact) mass is 332 g/mol. The van der Waals surface area contributed by atoms with Gasteiger partial charge in [-0.2, -0.15) is 0 Å². The van der Waals surface area contributed by atoms with Crippen molar-refractivity contribution >= 4 is 21.9 Å². The Morgan fingerprint density at radius 1 is 1.27 bits per heavy atom. The molecule has 7 nitrogen and oxygen atoms in total. The van der Waals surface area contributed by atoms with Gasteiger partial charge >= 0.3 is 5.97 Å². The highest BCUT2D eigenvalue weighted by Crippen LogP contribution is 2.09. The average molecular weight is 332 g/mol. The van der Waals surface area contributed by atoms with Crippen molar-refractivity contribution in [3.05, 3.63) is 30.1 Å². The highest BCUT2D eigenvalue weighted by atomic mass is 32.2. The number of carbonyl (C=O) groups excluding carboxylic acids is 1. The number of hydrogen-bond acceptors (Lipinski definition) is 4. The van der Waals surface area contributed by atoms with Crippen LogP contribution in [0, 0.1) is 11.7 Å². The van der Waals surface area contributed by atoms with Crippen LogP contribution in [0.3, 0.4) is 0 Å². The van der Waals surface area contributed by atoms with Crippen LogP contribution in [0.15, 0.2) is 29.2 Å². The number of nitrogens with one attached hydrogen (secondary N) is 2. The van der Waals surface area contributed by atoms with Gasteiger partial charge in [0.1, 0.15) is 5.82 Å². The first-order chi connectivity index (χ1) is 10.2. The van der Waals surface area contributed by atoms with Crippen LogP contribution in [0.5, 0.6) is 0 Å². The van der Waals surface area contributed by atoms with Crippen LogP contribution in [0.1, 0.15) is 13.3 Å². The van der Waals surface area contributed by atoms with Gasteiger partial charge in [-0.05, 0) is 24.3 Å². The molecule has 9 heteroatoms. The Kier molecular flexibility index (Phi) is 6.44. The van der Waals surface area contributed by atoms with Gasteiger partial charge in [-0.3, -0.25) is 9.59 Å². The number of carboxylic acids is 1. The smallest absolute Gasteiger partial charge is 0.308 e. The molecule has 0 aliphatic carbocycles. The second-order valence-electron chi connectivity index (χ2n) is 4.65. The molecular weight excluding hydrogens is 315 g/mol. The second kappa shape index (κ2) is 7.85. The van der Waals surface area contributed by atoms with E-state index in [9.17, 15) is 22.4 Å². The normalized spacial score (nSPS) is 12.6. The van der Waals surface area contributed by atoms with Crippen molar-refractivity contribution in [2.75, 3.05) is 13.1 Å². The Balaban J connectivity index is 2.41. The molecule has 0 spiro atoms. The van der Waals surface area contributed by atoms with Crippen LogP contribution >= 0.6 is 0 Å². The maximum absolute atomic E-state index is 12.7. The van der Waals surface area contributed by atoms with Crippen LogP contribution in [-0.2, 0) is 19.6 Å². The highest BCUT2D eigenvalue weighted by Gasteiger charge is 2.15. The van der Waals surface area contributed by atoms with E-state index in [0.29, 0.717) is 0 Å². The predicted molar refractivity (Wildman–Crippen MR) is 76.0 cm³/mol. The number of carboxylic acid groups (broad SMARTS) is 1. The Bertz CT molecular complexity index is 630. The maximum Gasteiger partial charge on any atom is 0.308 e. The van der Waals surface area contributed by atoms with E-state index in [0.717, 1.165) is 24.3 Å². The van der Waals surface area contributed by atoms with E-state index in [4.69, 9.17) is 5.11 Å². The number of halogens is 1. The molecule has 122 valence electrons. The molecule has 0 fully saturated rings. The molecule has 0 saturated heterocycles. The molecule has 1 amide bonds. The zero-order valence-electron chi connectivity index (χ0n) is 11.9. The van der Waals surface area contributed by atoms with Crippen LogP contribution < -0.4 is 10.0 Å². The first-order valence-electron chi connectivity index (χ1n) is 6.47. The summed E-state index contributed by atoms with van der Waals surface area (Å²) >= 11 is 0. The minimum atomic E-state index is -3.81. The molecule has 0 heterocycles. The molecule has 1 aromatic rings. The van der Waals surface area contributed by atoms with E-state index in [-0.39, 0.29) is 24.4 Å². The van der Waals surface area contributed by atoms with E-state index in [1.165, 1.54) is 6.92 Å². The fourth-order valence-electron chi connectivity index (χ4n) is 1.44. The van der Waals surface area contributed by atoms with Crippen LogP contribution in [0.4, 0.5) is 4.39 Å². The van der Waals surface area contributed by atoms with Gasteiger partial charge in [-0.15, -0.1) is 0 Å². The minimum absolute atomic E-state index is 0.0289. The molecule has 1 atom stereocenters. The Labute approximate surface area is 127 Å². The molecule has 0 saturated carbocycles. The first kappa shape index (κ1) is 18.1. The van der Waals surface area contributed by atoms with Crippen molar-refractivity contribution in [2.24, 2.45) is 5.92 Å². The van der Waals surface area contributed by atoms with Crippen molar-refractivity contribution in [3.8, 4) is 0 Å². The van der Waals surface area contributed by atoms with Crippen molar-refractivity contribution in [3.63, 3.8) is 0 Å². The summed E-state index contributed by atoms with van der Waals surface area (Å²) in [7, 11) is -3.81. The lowest BCUT2D eigenvalue weighted by Crippen LogP contribution is -2.34. The Morgan fingerprint density at radius 3 is 2.41 bits per heavy atom. The Morgan fingerprint density at radius 2 is 1.86 bits per heavy atom. The van der Waals surface area contributed by atoms with Crippen molar-refractivity contribution in [1.82, 2.24) is 10.0 Å². The molecule has 0 bridgehead atoms. The third-order valence-corrected chi connectivity index (χ3v) is 4.27. The molecule has 3 N–H and O–H groups in total. The van der Waals surface area contributed by atoms with E-state index < -0.39 is 33.6 Å². The zero-order chi connectivity index (χ0) is 16.8. The quantitative estimate of drug-likeness (QED) is 0.635. The number of amides is 1. The van der Waals surface area contributed by atoms with Crippen LogP contribution in [0.25, 0.3) is 0 Å². The number of rotatable bonds is 8. The van der Waals surface area contributed by atoms with Gasteiger partial charge in [0.15, 0.2) is 0 Å². The Hall–Kier alpha value is -2.00. The minimum Gasteiger partial charge on any atom is -0.481 e. The number of carbonyl (C=O) groups is 2. The molecule has 1 aromatic carbocycles.